The van der Waals surface area contributed by atoms with Crippen LogP contribution < -0.4 is 0 Å². The van der Waals surface area contributed by atoms with Crippen LogP contribution in [0.1, 0.15) is 32.3 Å². The molecule has 1 fully saturated rings. The minimum Gasteiger partial charge on any atom is -0.369 e. The average Bonchev–Trinajstić information content (AvgIpc) is 3.03. The predicted molar refractivity (Wildman–Crippen MR) is 69.0 cm³/mol. The van der Waals surface area contributed by atoms with Gasteiger partial charge in [0.05, 0.1) is 0 Å². The SMILES string of the molecule is COC(C)(C)C(=O)N(Cc1ccsc1)C1CC1. The highest BCUT2D eigenvalue weighted by Gasteiger charge is 2.39. The number of hydrogen-bond donors (Lipinski definition) is 0. The van der Waals surface area contributed by atoms with Crippen molar-refractivity contribution in [3.63, 3.8) is 0 Å². The van der Waals surface area contributed by atoms with Crippen LogP contribution in [0.3, 0.4) is 0 Å². The van der Waals surface area contributed by atoms with Crippen molar-refractivity contribution in [2.45, 2.75) is 44.9 Å². The van der Waals surface area contributed by atoms with E-state index in [-0.39, 0.29) is 5.91 Å². The molecule has 4 heteroatoms. The van der Waals surface area contributed by atoms with Gasteiger partial charge in [-0.05, 0) is 49.1 Å². The second-order valence-corrected chi connectivity index (χ2v) is 5.79. The van der Waals surface area contributed by atoms with Gasteiger partial charge in [0.1, 0.15) is 5.60 Å². The molecule has 2 rings (SSSR count). The van der Waals surface area contributed by atoms with Gasteiger partial charge in [0, 0.05) is 19.7 Å². The van der Waals surface area contributed by atoms with Crippen LogP contribution in [0.4, 0.5) is 0 Å². The molecule has 1 amide bonds. The first-order valence-electron chi connectivity index (χ1n) is 5.92. The maximum atomic E-state index is 12.4. The summed E-state index contributed by atoms with van der Waals surface area (Å²) in [5.41, 5.74) is 0.487. The molecule has 0 radical (unpaired) electrons. The average molecular weight is 253 g/mol. The molecule has 1 heterocycles. The number of thiophene rings is 1. The van der Waals surface area contributed by atoms with Gasteiger partial charge in [0.15, 0.2) is 0 Å². The number of carbonyl (C=O) groups excluding carboxylic acids is 1. The quantitative estimate of drug-likeness (QED) is 0.807. The van der Waals surface area contributed by atoms with Crippen molar-refractivity contribution in [1.82, 2.24) is 4.90 Å². The molecule has 0 aromatic carbocycles. The molecule has 0 unspecified atom stereocenters. The van der Waals surface area contributed by atoms with E-state index in [1.54, 1.807) is 18.4 Å². The number of rotatable bonds is 5. The highest BCUT2D eigenvalue weighted by Crippen LogP contribution is 2.31. The summed E-state index contributed by atoms with van der Waals surface area (Å²) in [5, 5.41) is 4.15. The van der Waals surface area contributed by atoms with Crippen molar-refractivity contribution < 1.29 is 9.53 Å². The maximum absolute atomic E-state index is 12.4. The van der Waals surface area contributed by atoms with Gasteiger partial charge in [-0.25, -0.2) is 0 Å². The molecule has 0 spiro atoms. The van der Waals surface area contributed by atoms with Gasteiger partial charge in [-0.2, -0.15) is 11.3 Å². The first kappa shape index (κ1) is 12.6. The summed E-state index contributed by atoms with van der Waals surface area (Å²) in [6.07, 6.45) is 2.24. The molecule has 17 heavy (non-hydrogen) atoms. The lowest BCUT2D eigenvalue weighted by Gasteiger charge is -2.31. The highest BCUT2D eigenvalue weighted by atomic mass is 32.1. The van der Waals surface area contributed by atoms with Crippen LogP contribution in [0.2, 0.25) is 0 Å². The van der Waals surface area contributed by atoms with Crippen LogP contribution >= 0.6 is 11.3 Å². The van der Waals surface area contributed by atoms with Gasteiger partial charge < -0.3 is 9.64 Å². The van der Waals surface area contributed by atoms with Crippen molar-refractivity contribution in [3.05, 3.63) is 22.4 Å². The molecule has 0 bridgehead atoms. The topological polar surface area (TPSA) is 29.5 Å². The Labute approximate surface area is 106 Å². The fourth-order valence-corrected chi connectivity index (χ4v) is 2.43. The molecule has 0 atom stereocenters. The molecule has 1 aromatic heterocycles. The van der Waals surface area contributed by atoms with Crippen LogP contribution in [0.15, 0.2) is 16.8 Å². The minimum atomic E-state index is -0.724. The first-order chi connectivity index (χ1) is 8.04. The summed E-state index contributed by atoms with van der Waals surface area (Å²) >= 11 is 1.67. The summed E-state index contributed by atoms with van der Waals surface area (Å²) in [6, 6.07) is 2.49. The third-order valence-electron chi connectivity index (χ3n) is 3.21. The minimum absolute atomic E-state index is 0.0914. The molecule has 1 saturated carbocycles. The van der Waals surface area contributed by atoms with Crippen molar-refractivity contribution in [1.29, 1.82) is 0 Å². The summed E-state index contributed by atoms with van der Waals surface area (Å²) in [6.45, 7) is 4.37. The van der Waals surface area contributed by atoms with Crippen LogP contribution in [0.25, 0.3) is 0 Å². The van der Waals surface area contributed by atoms with E-state index in [1.165, 1.54) is 5.56 Å². The Morgan fingerprint density at radius 1 is 1.59 bits per heavy atom. The van der Waals surface area contributed by atoms with E-state index in [2.05, 4.69) is 11.4 Å². The largest absolute Gasteiger partial charge is 0.369 e. The number of carbonyl (C=O) groups is 1. The third-order valence-corrected chi connectivity index (χ3v) is 3.94. The number of hydrogen-bond acceptors (Lipinski definition) is 3. The van der Waals surface area contributed by atoms with Gasteiger partial charge in [-0.3, -0.25) is 4.79 Å². The van der Waals surface area contributed by atoms with Gasteiger partial charge in [0.2, 0.25) is 0 Å². The second kappa shape index (κ2) is 4.78. The van der Waals surface area contributed by atoms with Gasteiger partial charge in [-0.1, -0.05) is 0 Å². The lowest BCUT2D eigenvalue weighted by Crippen LogP contribution is -2.47. The number of amides is 1. The molecule has 0 N–H and O–H groups in total. The Bertz CT molecular complexity index is 382. The van der Waals surface area contributed by atoms with E-state index in [9.17, 15) is 4.79 Å². The van der Waals surface area contributed by atoms with Crippen molar-refractivity contribution in [3.8, 4) is 0 Å². The summed E-state index contributed by atoms with van der Waals surface area (Å²) in [5.74, 6) is 0.0914. The van der Waals surface area contributed by atoms with Crippen LogP contribution in [0.5, 0.6) is 0 Å². The first-order valence-corrected chi connectivity index (χ1v) is 6.86. The lowest BCUT2D eigenvalue weighted by atomic mass is 10.1. The van der Waals surface area contributed by atoms with Crippen molar-refractivity contribution in [2.24, 2.45) is 0 Å². The van der Waals surface area contributed by atoms with Crippen LogP contribution in [0, 0.1) is 0 Å². The molecule has 0 aliphatic heterocycles. The molecule has 0 saturated heterocycles. The maximum Gasteiger partial charge on any atom is 0.254 e. The van der Waals surface area contributed by atoms with Crippen molar-refractivity contribution in [2.75, 3.05) is 7.11 Å². The Hall–Kier alpha value is -0.870. The molecular weight excluding hydrogens is 234 g/mol. The molecule has 3 nitrogen and oxygen atoms in total. The fourth-order valence-electron chi connectivity index (χ4n) is 1.77. The zero-order valence-electron chi connectivity index (χ0n) is 10.6. The van der Waals surface area contributed by atoms with Crippen LogP contribution in [-0.2, 0) is 16.1 Å². The van der Waals surface area contributed by atoms with E-state index >= 15 is 0 Å². The zero-order chi connectivity index (χ0) is 12.5. The Kier molecular flexibility index (Phi) is 3.54. The van der Waals surface area contributed by atoms with E-state index in [0.717, 1.165) is 12.8 Å². The van der Waals surface area contributed by atoms with E-state index in [0.29, 0.717) is 12.6 Å². The van der Waals surface area contributed by atoms with Gasteiger partial charge >= 0.3 is 0 Å². The van der Waals surface area contributed by atoms with Crippen molar-refractivity contribution >= 4 is 17.2 Å². The number of ether oxygens (including phenoxy) is 1. The molecule has 1 aromatic rings. The van der Waals surface area contributed by atoms with E-state index < -0.39 is 5.60 Å². The summed E-state index contributed by atoms with van der Waals surface area (Å²) in [4.78, 5) is 14.4. The van der Waals surface area contributed by atoms with E-state index in [1.807, 2.05) is 24.1 Å². The normalized spacial score (nSPS) is 15.9. The second-order valence-electron chi connectivity index (χ2n) is 5.01. The molecule has 1 aliphatic carbocycles. The zero-order valence-corrected chi connectivity index (χ0v) is 11.4. The number of methoxy groups -OCH3 is 1. The number of nitrogens with zero attached hydrogens (tertiary/aromatic N) is 1. The van der Waals surface area contributed by atoms with Gasteiger partial charge in [0.25, 0.3) is 5.91 Å². The monoisotopic (exact) mass is 253 g/mol. The standard InChI is InChI=1S/C13H19NO2S/c1-13(2,16-3)12(15)14(11-4-5-11)8-10-6-7-17-9-10/h6-7,9,11H,4-5,8H2,1-3H3. The smallest absolute Gasteiger partial charge is 0.254 e. The Balaban J connectivity index is 2.10. The molecular formula is C13H19NO2S. The van der Waals surface area contributed by atoms with Crippen LogP contribution in [-0.4, -0.2) is 29.6 Å². The van der Waals surface area contributed by atoms with Gasteiger partial charge in [-0.15, -0.1) is 0 Å². The fraction of sp³-hybridized carbons (Fsp3) is 0.615. The molecule has 1 aliphatic rings. The summed E-state index contributed by atoms with van der Waals surface area (Å²) < 4.78 is 5.29. The Morgan fingerprint density at radius 2 is 2.29 bits per heavy atom. The third kappa shape index (κ3) is 2.87. The summed E-state index contributed by atoms with van der Waals surface area (Å²) in [7, 11) is 1.59. The Morgan fingerprint density at radius 3 is 2.76 bits per heavy atom. The van der Waals surface area contributed by atoms with E-state index in [4.69, 9.17) is 4.74 Å². The highest BCUT2D eigenvalue weighted by molar-refractivity contribution is 7.07. The molecule has 94 valence electrons. The lowest BCUT2D eigenvalue weighted by molar-refractivity contribution is -0.152. The predicted octanol–water partition coefficient (Wildman–Crippen LogP) is 2.66.